The molecule has 0 unspecified atom stereocenters. The molecule has 1 N–H and O–H groups in total. The Hall–Kier alpha value is -1.22. The molecule has 0 atom stereocenters. The lowest BCUT2D eigenvalue weighted by atomic mass is 10.2. The monoisotopic (exact) mass is 460 g/mol. The zero-order chi connectivity index (χ0) is 17.2. The van der Waals surface area contributed by atoms with Crippen LogP contribution >= 0.6 is 31.9 Å². The van der Waals surface area contributed by atoms with E-state index in [0.717, 1.165) is 13.3 Å². The molecule has 0 saturated heterocycles. The maximum absolute atomic E-state index is 12.3. The summed E-state index contributed by atoms with van der Waals surface area (Å²) in [6, 6.07) is 11.3. The minimum absolute atomic E-state index is 0.0741. The van der Waals surface area contributed by atoms with Crippen LogP contribution in [0.5, 0.6) is 0 Å². The third kappa shape index (κ3) is 4.20. The summed E-state index contributed by atoms with van der Waals surface area (Å²) in [5.74, 6) is -0.385. The first-order valence-corrected chi connectivity index (χ1v) is 9.53. The number of rotatable bonds is 4. The average Bonchev–Trinajstić information content (AvgIpc) is 2.50. The topological polar surface area (TPSA) is 66.5 Å². The van der Waals surface area contributed by atoms with Crippen LogP contribution in [0.3, 0.4) is 0 Å². The Morgan fingerprint density at radius 1 is 1.09 bits per heavy atom. The van der Waals surface area contributed by atoms with Crippen LogP contribution in [0.25, 0.3) is 0 Å². The van der Waals surface area contributed by atoms with Crippen molar-refractivity contribution in [1.82, 2.24) is 4.31 Å². The Balaban J connectivity index is 2.30. The van der Waals surface area contributed by atoms with E-state index in [1.54, 1.807) is 24.3 Å². The fraction of sp³-hybridized carbons (Fsp3) is 0.133. The van der Waals surface area contributed by atoms with Gasteiger partial charge in [-0.05, 0) is 52.3 Å². The van der Waals surface area contributed by atoms with Gasteiger partial charge in [-0.1, -0.05) is 22.0 Å². The molecule has 0 bridgehead atoms. The Morgan fingerprint density at radius 2 is 1.78 bits per heavy atom. The van der Waals surface area contributed by atoms with E-state index < -0.39 is 10.0 Å². The first-order chi connectivity index (χ1) is 10.7. The first-order valence-electron chi connectivity index (χ1n) is 6.51. The van der Waals surface area contributed by atoms with Crippen molar-refractivity contribution < 1.29 is 13.2 Å². The van der Waals surface area contributed by atoms with E-state index in [4.69, 9.17) is 0 Å². The highest BCUT2D eigenvalue weighted by atomic mass is 79.9. The SMILES string of the molecule is CN(C)S(=O)(=O)c1cccc(C(=O)Nc2ccc(Br)cc2Br)c1. The highest BCUT2D eigenvalue weighted by Gasteiger charge is 2.19. The van der Waals surface area contributed by atoms with Crippen molar-refractivity contribution in [2.75, 3.05) is 19.4 Å². The predicted octanol–water partition coefficient (Wildman–Crippen LogP) is 3.71. The average molecular weight is 462 g/mol. The number of anilines is 1. The number of halogens is 2. The molecule has 2 rings (SSSR count). The highest BCUT2D eigenvalue weighted by Crippen LogP contribution is 2.26. The van der Waals surface area contributed by atoms with E-state index in [9.17, 15) is 13.2 Å². The summed E-state index contributed by atoms with van der Waals surface area (Å²) in [5.41, 5.74) is 0.863. The summed E-state index contributed by atoms with van der Waals surface area (Å²) in [5, 5.41) is 2.75. The van der Waals surface area contributed by atoms with Crippen molar-refractivity contribution in [3.8, 4) is 0 Å². The van der Waals surface area contributed by atoms with Crippen molar-refractivity contribution in [3.05, 3.63) is 57.0 Å². The Bertz CT molecular complexity index is 852. The molecule has 0 radical (unpaired) electrons. The van der Waals surface area contributed by atoms with Crippen molar-refractivity contribution in [1.29, 1.82) is 0 Å². The van der Waals surface area contributed by atoms with Gasteiger partial charge in [0.25, 0.3) is 5.91 Å². The second-order valence-electron chi connectivity index (χ2n) is 4.89. The number of hydrogen-bond donors (Lipinski definition) is 1. The smallest absolute Gasteiger partial charge is 0.255 e. The van der Waals surface area contributed by atoms with Gasteiger partial charge in [-0.15, -0.1) is 0 Å². The minimum Gasteiger partial charge on any atom is -0.321 e. The largest absolute Gasteiger partial charge is 0.321 e. The minimum atomic E-state index is -3.58. The lowest BCUT2D eigenvalue weighted by molar-refractivity contribution is 0.102. The van der Waals surface area contributed by atoms with Gasteiger partial charge in [-0.25, -0.2) is 12.7 Å². The summed E-state index contributed by atoms with van der Waals surface area (Å²) >= 11 is 6.70. The normalized spacial score (nSPS) is 11.5. The van der Waals surface area contributed by atoms with Gasteiger partial charge in [-0.3, -0.25) is 4.79 Å². The zero-order valence-corrected chi connectivity index (χ0v) is 16.4. The number of benzene rings is 2. The molecule has 2 aromatic carbocycles. The molecule has 0 aliphatic heterocycles. The van der Waals surface area contributed by atoms with Gasteiger partial charge < -0.3 is 5.32 Å². The van der Waals surface area contributed by atoms with Crippen molar-refractivity contribution in [2.24, 2.45) is 0 Å². The lowest BCUT2D eigenvalue weighted by Crippen LogP contribution is -2.22. The molecule has 122 valence electrons. The molecule has 0 aliphatic carbocycles. The van der Waals surface area contributed by atoms with Gasteiger partial charge in [0.15, 0.2) is 0 Å². The summed E-state index contributed by atoms with van der Waals surface area (Å²) < 4.78 is 27.0. The number of amides is 1. The van der Waals surface area contributed by atoms with Gasteiger partial charge in [0.1, 0.15) is 0 Å². The molecule has 2 aromatic rings. The van der Waals surface area contributed by atoms with Gasteiger partial charge >= 0.3 is 0 Å². The summed E-state index contributed by atoms with van der Waals surface area (Å²) in [7, 11) is -0.691. The highest BCUT2D eigenvalue weighted by molar-refractivity contribution is 9.11. The summed E-state index contributed by atoms with van der Waals surface area (Å²) in [6.45, 7) is 0. The van der Waals surface area contributed by atoms with Crippen molar-refractivity contribution in [3.63, 3.8) is 0 Å². The molecule has 0 saturated carbocycles. The number of hydrogen-bond acceptors (Lipinski definition) is 3. The van der Waals surface area contributed by atoms with E-state index in [0.29, 0.717) is 5.69 Å². The van der Waals surface area contributed by atoms with Gasteiger partial charge in [0.05, 0.1) is 10.6 Å². The van der Waals surface area contributed by atoms with Gasteiger partial charge in [0.2, 0.25) is 10.0 Å². The molecular formula is C15H14Br2N2O3S. The molecule has 5 nitrogen and oxygen atoms in total. The van der Waals surface area contributed by atoms with Crippen LogP contribution in [0.15, 0.2) is 56.3 Å². The molecule has 0 fully saturated rings. The Labute approximate surface area is 152 Å². The molecule has 1 amide bonds. The third-order valence-electron chi connectivity index (χ3n) is 3.05. The van der Waals surface area contributed by atoms with E-state index in [-0.39, 0.29) is 16.4 Å². The molecule has 0 aliphatic rings. The first kappa shape index (κ1) is 18.1. The van der Waals surface area contributed by atoms with Crippen LogP contribution in [-0.2, 0) is 10.0 Å². The van der Waals surface area contributed by atoms with Crippen LogP contribution in [0.1, 0.15) is 10.4 Å². The number of sulfonamides is 1. The number of nitrogens with zero attached hydrogens (tertiary/aromatic N) is 1. The van der Waals surface area contributed by atoms with Crippen LogP contribution < -0.4 is 5.32 Å². The number of carbonyl (C=O) groups is 1. The van der Waals surface area contributed by atoms with E-state index in [2.05, 4.69) is 37.2 Å². The number of nitrogens with one attached hydrogen (secondary N) is 1. The van der Waals surface area contributed by atoms with Crippen molar-refractivity contribution in [2.45, 2.75) is 4.90 Å². The second-order valence-corrected chi connectivity index (χ2v) is 8.82. The van der Waals surface area contributed by atoms with E-state index in [1.165, 1.54) is 26.2 Å². The molecule has 0 aromatic heterocycles. The van der Waals surface area contributed by atoms with E-state index in [1.807, 2.05) is 6.07 Å². The predicted molar refractivity (Wildman–Crippen MR) is 97.1 cm³/mol. The molecule has 0 spiro atoms. The molecule has 0 heterocycles. The standard InChI is InChI=1S/C15H14Br2N2O3S/c1-19(2)23(21,22)12-5-3-4-10(8-12)15(20)18-14-7-6-11(16)9-13(14)17/h3-9H,1-2H3,(H,18,20). The van der Waals surface area contributed by atoms with E-state index >= 15 is 0 Å². The van der Waals surface area contributed by atoms with Crippen LogP contribution in [0.4, 0.5) is 5.69 Å². The Kier molecular flexibility index (Phi) is 5.61. The molecule has 8 heteroatoms. The molecular weight excluding hydrogens is 448 g/mol. The van der Waals surface area contributed by atoms with Crippen LogP contribution in [-0.4, -0.2) is 32.7 Å². The quantitative estimate of drug-likeness (QED) is 0.754. The van der Waals surface area contributed by atoms with Crippen molar-refractivity contribution >= 4 is 53.5 Å². The lowest BCUT2D eigenvalue weighted by Gasteiger charge is -2.12. The third-order valence-corrected chi connectivity index (χ3v) is 6.01. The second kappa shape index (κ2) is 7.12. The van der Waals surface area contributed by atoms with Gasteiger partial charge in [0, 0.05) is 28.6 Å². The maximum atomic E-state index is 12.3. The summed E-state index contributed by atoms with van der Waals surface area (Å²) in [6.07, 6.45) is 0. The maximum Gasteiger partial charge on any atom is 0.255 e. The zero-order valence-electron chi connectivity index (χ0n) is 12.4. The Morgan fingerprint density at radius 3 is 2.39 bits per heavy atom. The van der Waals surface area contributed by atoms with Crippen LogP contribution in [0, 0.1) is 0 Å². The van der Waals surface area contributed by atoms with Crippen LogP contribution in [0.2, 0.25) is 0 Å². The fourth-order valence-corrected chi connectivity index (χ4v) is 3.89. The van der Waals surface area contributed by atoms with Gasteiger partial charge in [-0.2, -0.15) is 0 Å². The number of carbonyl (C=O) groups excluding carboxylic acids is 1. The fourth-order valence-electron chi connectivity index (χ4n) is 1.79. The molecule has 23 heavy (non-hydrogen) atoms. The summed E-state index contributed by atoms with van der Waals surface area (Å²) in [4.78, 5) is 12.4.